The highest BCUT2D eigenvalue weighted by Gasteiger charge is 2.08. The van der Waals surface area contributed by atoms with E-state index in [2.05, 4.69) is 20.8 Å². The topological polar surface area (TPSA) is 26.3 Å². The summed E-state index contributed by atoms with van der Waals surface area (Å²) in [7, 11) is 0. The molecule has 0 aliphatic heterocycles. The van der Waals surface area contributed by atoms with Crippen LogP contribution >= 0.6 is 0 Å². The maximum absolute atomic E-state index is 11.6. The third-order valence-corrected chi connectivity index (χ3v) is 3.71. The molecule has 2 heteroatoms. The van der Waals surface area contributed by atoms with Crippen LogP contribution < -0.4 is 0 Å². The minimum absolute atomic E-state index is 0.00354. The smallest absolute Gasteiger partial charge is 0.306 e. The second-order valence-electron chi connectivity index (χ2n) is 6.50. The van der Waals surface area contributed by atoms with Gasteiger partial charge in [0.2, 0.25) is 0 Å². The second kappa shape index (κ2) is 13.5. The predicted octanol–water partition coefficient (Wildman–Crippen LogP) is 5.89. The Kier molecular flexibility index (Phi) is 13.1. The Morgan fingerprint density at radius 2 is 1.45 bits per heavy atom. The lowest BCUT2D eigenvalue weighted by atomic mass is 10.0. The average molecular weight is 284 g/mol. The lowest BCUT2D eigenvalue weighted by Crippen LogP contribution is -2.14. The summed E-state index contributed by atoms with van der Waals surface area (Å²) in [6.07, 6.45) is 12.7. The molecule has 120 valence electrons. The Balaban J connectivity index is 3.35. The first-order valence-electron chi connectivity index (χ1n) is 8.75. The van der Waals surface area contributed by atoms with Crippen molar-refractivity contribution in [1.82, 2.24) is 0 Å². The number of esters is 1. The summed E-state index contributed by atoms with van der Waals surface area (Å²) < 4.78 is 5.42. The van der Waals surface area contributed by atoms with E-state index in [4.69, 9.17) is 4.74 Å². The molecule has 0 spiro atoms. The van der Waals surface area contributed by atoms with Crippen molar-refractivity contribution in [2.24, 2.45) is 5.92 Å². The van der Waals surface area contributed by atoms with E-state index in [-0.39, 0.29) is 12.1 Å². The van der Waals surface area contributed by atoms with Crippen molar-refractivity contribution in [1.29, 1.82) is 0 Å². The molecule has 0 aromatic heterocycles. The van der Waals surface area contributed by atoms with Gasteiger partial charge in [0.25, 0.3) is 0 Å². The number of carbonyl (C=O) groups is 1. The molecule has 0 radical (unpaired) electrons. The number of hydrogen-bond donors (Lipinski definition) is 0. The summed E-state index contributed by atoms with van der Waals surface area (Å²) >= 11 is 0. The van der Waals surface area contributed by atoms with E-state index in [0.29, 0.717) is 6.42 Å². The van der Waals surface area contributed by atoms with Crippen molar-refractivity contribution in [3.8, 4) is 0 Å². The van der Waals surface area contributed by atoms with Gasteiger partial charge in [-0.15, -0.1) is 0 Å². The molecule has 0 aromatic rings. The van der Waals surface area contributed by atoms with Gasteiger partial charge < -0.3 is 4.74 Å². The molecule has 0 heterocycles. The van der Waals surface area contributed by atoms with E-state index in [0.717, 1.165) is 25.2 Å². The Morgan fingerprint density at radius 1 is 0.850 bits per heavy atom. The van der Waals surface area contributed by atoms with E-state index in [1.165, 1.54) is 44.9 Å². The van der Waals surface area contributed by atoms with Crippen molar-refractivity contribution in [3.63, 3.8) is 0 Å². The third kappa shape index (κ3) is 13.9. The van der Waals surface area contributed by atoms with Crippen LogP contribution in [0.3, 0.4) is 0 Å². The van der Waals surface area contributed by atoms with E-state index in [9.17, 15) is 4.79 Å². The normalized spacial score (nSPS) is 12.7. The van der Waals surface area contributed by atoms with Crippen LogP contribution in [0.4, 0.5) is 0 Å². The van der Waals surface area contributed by atoms with Gasteiger partial charge in [0, 0.05) is 6.42 Å². The maximum Gasteiger partial charge on any atom is 0.306 e. The van der Waals surface area contributed by atoms with E-state index in [1.54, 1.807) is 0 Å². The minimum atomic E-state index is -0.00354. The fourth-order valence-electron chi connectivity index (χ4n) is 2.38. The van der Waals surface area contributed by atoms with Gasteiger partial charge in [-0.2, -0.15) is 0 Å². The number of rotatable bonds is 13. The number of carbonyl (C=O) groups excluding carboxylic acids is 1. The summed E-state index contributed by atoms with van der Waals surface area (Å²) in [5.41, 5.74) is 0. The molecule has 0 aliphatic carbocycles. The van der Waals surface area contributed by atoms with Crippen LogP contribution in [-0.4, -0.2) is 12.1 Å². The SMILES string of the molecule is CCCCCC(C)OC(=O)CCCCCCCC(C)C. The predicted molar refractivity (Wildman–Crippen MR) is 86.9 cm³/mol. The van der Waals surface area contributed by atoms with Crippen LogP contribution in [0, 0.1) is 5.92 Å². The van der Waals surface area contributed by atoms with Gasteiger partial charge in [0.15, 0.2) is 0 Å². The Bertz CT molecular complexity index is 223. The van der Waals surface area contributed by atoms with Crippen LogP contribution in [0.15, 0.2) is 0 Å². The summed E-state index contributed by atoms with van der Waals surface area (Å²) in [4.78, 5) is 11.6. The highest BCUT2D eigenvalue weighted by molar-refractivity contribution is 5.69. The Labute approximate surface area is 126 Å². The van der Waals surface area contributed by atoms with Crippen LogP contribution in [0.25, 0.3) is 0 Å². The summed E-state index contributed by atoms with van der Waals surface area (Å²) in [6, 6.07) is 0. The van der Waals surface area contributed by atoms with Crippen molar-refractivity contribution < 1.29 is 9.53 Å². The molecule has 0 rings (SSSR count). The number of ether oxygens (including phenoxy) is 1. The lowest BCUT2D eigenvalue weighted by molar-refractivity contribution is -0.148. The Hall–Kier alpha value is -0.530. The van der Waals surface area contributed by atoms with Crippen molar-refractivity contribution in [2.45, 2.75) is 104 Å². The third-order valence-electron chi connectivity index (χ3n) is 3.71. The van der Waals surface area contributed by atoms with Gasteiger partial charge in [0.05, 0.1) is 6.10 Å². The molecule has 1 unspecified atom stereocenters. The fraction of sp³-hybridized carbons (Fsp3) is 0.944. The first kappa shape index (κ1) is 19.5. The number of unbranched alkanes of at least 4 members (excludes halogenated alkanes) is 6. The van der Waals surface area contributed by atoms with E-state index >= 15 is 0 Å². The fourth-order valence-corrected chi connectivity index (χ4v) is 2.38. The monoisotopic (exact) mass is 284 g/mol. The van der Waals surface area contributed by atoms with Gasteiger partial charge in [0.1, 0.15) is 0 Å². The van der Waals surface area contributed by atoms with Crippen molar-refractivity contribution >= 4 is 5.97 Å². The van der Waals surface area contributed by atoms with Crippen LogP contribution in [0.5, 0.6) is 0 Å². The van der Waals surface area contributed by atoms with E-state index in [1.807, 2.05) is 6.92 Å². The molecule has 0 aliphatic rings. The number of hydrogen-bond acceptors (Lipinski definition) is 2. The zero-order valence-corrected chi connectivity index (χ0v) is 14.2. The molecular weight excluding hydrogens is 248 g/mol. The van der Waals surface area contributed by atoms with Crippen LogP contribution in [0.1, 0.15) is 98.3 Å². The van der Waals surface area contributed by atoms with Gasteiger partial charge in [-0.05, 0) is 32.1 Å². The largest absolute Gasteiger partial charge is 0.463 e. The quantitative estimate of drug-likeness (QED) is 0.311. The summed E-state index contributed by atoms with van der Waals surface area (Å²) in [5, 5.41) is 0. The first-order valence-corrected chi connectivity index (χ1v) is 8.75. The zero-order valence-electron chi connectivity index (χ0n) is 14.2. The van der Waals surface area contributed by atoms with Crippen molar-refractivity contribution in [3.05, 3.63) is 0 Å². The molecule has 0 amide bonds. The standard InChI is InChI=1S/C18H36O2/c1-5-6-10-14-17(4)20-18(19)15-12-9-7-8-11-13-16(2)3/h16-17H,5-15H2,1-4H3. The van der Waals surface area contributed by atoms with Gasteiger partial charge in [-0.3, -0.25) is 4.79 Å². The summed E-state index contributed by atoms with van der Waals surface area (Å²) in [5.74, 6) is 0.815. The minimum Gasteiger partial charge on any atom is -0.463 e. The lowest BCUT2D eigenvalue weighted by Gasteiger charge is -2.12. The van der Waals surface area contributed by atoms with Gasteiger partial charge in [-0.25, -0.2) is 0 Å². The molecule has 0 bridgehead atoms. The summed E-state index contributed by atoms with van der Waals surface area (Å²) in [6.45, 7) is 8.76. The van der Waals surface area contributed by atoms with Crippen LogP contribution in [0.2, 0.25) is 0 Å². The first-order chi connectivity index (χ1) is 9.56. The molecular formula is C18H36O2. The molecule has 0 fully saturated rings. The second-order valence-corrected chi connectivity index (χ2v) is 6.50. The Morgan fingerprint density at radius 3 is 2.10 bits per heavy atom. The molecule has 0 saturated heterocycles. The molecule has 20 heavy (non-hydrogen) atoms. The molecule has 0 saturated carbocycles. The van der Waals surface area contributed by atoms with Gasteiger partial charge >= 0.3 is 5.97 Å². The van der Waals surface area contributed by atoms with E-state index < -0.39 is 0 Å². The maximum atomic E-state index is 11.6. The highest BCUT2D eigenvalue weighted by Crippen LogP contribution is 2.12. The molecule has 0 aromatic carbocycles. The van der Waals surface area contributed by atoms with Crippen molar-refractivity contribution in [2.75, 3.05) is 0 Å². The highest BCUT2D eigenvalue weighted by atomic mass is 16.5. The molecule has 2 nitrogen and oxygen atoms in total. The molecule has 1 atom stereocenters. The van der Waals surface area contributed by atoms with Gasteiger partial charge in [-0.1, -0.05) is 65.7 Å². The zero-order chi connectivity index (χ0) is 15.2. The average Bonchev–Trinajstić information content (AvgIpc) is 2.37. The van der Waals surface area contributed by atoms with Crippen LogP contribution in [-0.2, 0) is 9.53 Å². The molecule has 0 N–H and O–H groups in total.